The van der Waals surface area contributed by atoms with Crippen LogP contribution < -0.4 is 10.3 Å². The van der Waals surface area contributed by atoms with Gasteiger partial charge >= 0.3 is 5.70 Å². The number of nitrogens with zero attached hydrogens (tertiary/aromatic N) is 1. The Balaban J connectivity index is 2.67. The van der Waals surface area contributed by atoms with Crippen LogP contribution in [0.5, 0.6) is 0 Å². The van der Waals surface area contributed by atoms with E-state index in [0.717, 1.165) is 34.0 Å². The molecule has 7 heteroatoms. The highest BCUT2D eigenvalue weighted by Crippen LogP contribution is 2.65. The molecule has 0 aliphatic rings. The zero-order valence-electron chi connectivity index (χ0n) is 7.74. The van der Waals surface area contributed by atoms with Crippen molar-refractivity contribution in [2.75, 3.05) is 0 Å². The monoisotopic (exact) mass is 259 g/mol. The van der Waals surface area contributed by atoms with Gasteiger partial charge in [-0.05, 0) is 12.1 Å². The van der Waals surface area contributed by atoms with Crippen LogP contribution in [0.25, 0.3) is 10.9 Å². The minimum atomic E-state index is -2.83. The number of hydrogen-bond donors (Lipinski definition) is 2. The fourth-order valence-corrected chi connectivity index (χ4v) is 4.40. The first kappa shape index (κ1) is 11.1. The average molecular weight is 259 g/mol. The van der Waals surface area contributed by atoms with Crippen molar-refractivity contribution in [1.82, 2.24) is 4.34 Å². The normalized spacial score (nSPS) is 12.1. The van der Waals surface area contributed by atoms with Gasteiger partial charge in [0.2, 0.25) is 0 Å². The van der Waals surface area contributed by atoms with Crippen molar-refractivity contribution < 1.29 is 4.57 Å². The Hall–Kier alpha value is -0.390. The van der Waals surface area contributed by atoms with Crippen molar-refractivity contribution in [2.45, 2.75) is 0 Å². The van der Waals surface area contributed by atoms with Crippen LogP contribution >= 0.6 is 28.8 Å². The SMILES string of the molecule is NSP(=O)(SN)n1ccc2ccccc21. The third kappa shape index (κ3) is 1.84. The maximum atomic E-state index is 12.3. The third-order valence-corrected chi connectivity index (χ3v) is 7.72. The number of para-hydroxylation sites is 1. The minimum absolute atomic E-state index is 0.801. The first-order valence-electron chi connectivity index (χ1n) is 4.15. The molecule has 2 aromatic rings. The number of fused-ring (bicyclic) bond motifs is 1. The van der Waals surface area contributed by atoms with E-state index < -0.39 is 5.70 Å². The van der Waals surface area contributed by atoms with Gasteiger partial charge in [-0.1, -0.05) is 18.2 Å². The van der Waals surface area contributed by atoms with Gasteiger partial charge in [-0.3, -0.25) is 19.2 Å². The van der Waals surface area contributed by atoms with Crippen molar-refractivity contribution in [1.29, 1.82) is 0 Å². The van der Waals surface area contributed by atoms with Gasteiger partial charge < -0.3 is 0 Å². The molecule has 1 aromatic heterocycles. The maximum absolute atomic E-state index is 12.3. The molecule has 0 unspecified atom stereocenters. The predicted molar refractivity (Wildman–Crippen MR) is 68.5 cm³/mol. The van der Waals surface area contributed by atoms with Gasteiger partial charge in [0.25, 0.3) is 0 Å². The number of aromatic nitrogens is 1. The van der Waals surface area contributed by atoms with E-state index in [1.54, 1.807) is 10.5 Å². The van der Waals surface area contributed by atoms with E-state index in [-0.39, 0.29) is 0 Å². The molecule has 15 heavy (non-hydrogen) atoms. The van der Waals surface area contributed by atoms with Gasteiger partial charge in [-0.2, -0.15) is 0 Å². The van der Waals surface area contributed by atoms with Crippen molar-refractivity contribution in [3.63, 3.8) is 0 Å². The van der Waals surface area contributed by atoms with E-state index in [1.807, 2.05) is 30.3 Å². The highest BCUT2D eigenvalue weighted by atomic mass is 33.1. The Morgan fingerprint density at radius 2 is 1.80 bits per heavy atom. The summed E-state index contributed by atoms with van der Waals surface area (Å²) in [7, 11) is 0. The highest BCUT2D eigenvalue weighted by molar-refractivity contribution is 8.89. The van der Waals surface area contributed by atoms with Crippen LogP contribution in [0.15, 0.2) is 36.5 Å². The summed E-state index contributed by atoms with van der Waals surface area (Å²) in [5.74, 6) is 0. The van der Waals surface area contributed by atoms with Crippen LogP contribution in [0.1, 0.15) is 0 Å². The van der Waals surface area contributed by atoms with Crippen LogP contribution in [0, 0.1) is 0 Å². The van der Waals surface area contributed by atoms with Crippen LogP contribution in [-0.2, 0) is 4.57 Å². The first-order chi connectivity index (χ1) is 7.21. The van der Waals surface area contributed by atoms with Gasteiger partial charge in [0, 0.05) is 34.7 Å². The molecular formula is C8H10N3OPS2. The second kappa shape index (κ2) is 4.23. The number of benzene rings is 1. The topological polar surface area (TPSA) is 74.0 Å². The molecule has 0 amide bonds. The van der Waals surface area contributed by atoms with E-state index in [2.05, 4.69) is 0 Å². The van der Waals surface area contributed by atoms with E-state index in [1.165, 1.54) is 0 Å². The van der Waals surface area contributed by atoms with E-state index in [0.29, 0.717) is 0 Å². The van der Waals surface area contributed by atoms with Crippen molar-refractivity contribution >= 4 is 39.7 Å². The second-order valence-corrected chi connectivity index (χ2v) is 9.62. The van der Waals surface area contributed by atoms with Crippen LogP contribution in [0.2, 0.25) is 0 Å². The Bertz CT molecular complexity index is 519. The molecule has 80 valence electrons. The smallest absolute Gasteiger partial charge is 0.280 e. The van der Waals surface area contributed by atoms with Gasteiger partial charge in [0.05, 0.1) is 5.52 Å². The lowest BCUT2D eigenvalue weighted by molar-refractivity contribution is 0.590. The van der Waals surface area contributed by atoms with Gasteiger partial charge in [-0.25, -0.2) is 0 Å². The Morgan fingerprint density at radius 3 is 2.47 bits per heavy atom. The summed E-state index contributed by atoms with van der Waals surface area (Å²) in [5, 5.41) is 11.9. The summed E-state index contributed by atoms with van der Waals surface area (Å²) < 4.78 is 13.9. The molecular weight excluding hydrogens is 249 g/mol. The summed E-state index contributed by atoms with van der Waals surface area (Å²) >= 11 is 1.60. The molecule has 0 fully saturated rings. The standard InChI is InChI=1S/C8H10N3OPS2/c9-14-13(12,15-10)11-6-5-7-3-1-2-4-8(7)11/h1-6H,9-10H2. The zero-order chi connectivity index (χ0) is 10.9. The Kier molecular flexibility index (Phi) is 3.13. The molecule has 0 aliphatic carbocycles. The molecule has 0 saturated carbocycles. The Labute approximate surface area is 95.6 Å². The molecule has 0 radical (unpaired) electrons. The van der Waals surface area contributed by atoms with E-state index in [9.17, 15) is 4.57 Å². The molecule has 0 spiro atoms. The lowest BCUT2D eigenvalue weighted by Crippen LogP contribution is -1.94. The molecule has 1 aromatic carbocycles. The summed E-state index contributed by atoms with van der Waals surface area (Å²) in [4.78, 5) is 0. The number of rotatable bonds is 3. The van der Waals surface area contributed by atoms with E-state index in [4.69, 9.17) is 10.3 Å². The summed E-state index contributed by atoms with van der Waals surface area (Å²) in [6.45, 7) is 0. The third-order valence-electron chi connectivity index (χ3n) is 2.11. The lowest BCUT2D eigenvalue weighted by atomic mass is 10.3. The predicted octanol–water partition coefficient (Wildman–Crippen LogP) is 2.81. The van der Waals surface area contributed by atoms with Gasteiger partial charge in [0.15, 0.2) is 0 Å². The van der Waals surface area contributed by atoms with E-state index >= 15 is 0 Å². The molecule has 4 N–H and O–H groups in total. The molecule has 4 nitrogen and oxygen atoms in total. The van der Waals surface area contributed by atoms with Gasteiger partial charge in [-0.15, -0.1) is 0 Å². The fraction of sp³-hybridized carbons (Fsp3) is 0. The minimum Gasteiger partial charge on any atom is -0.280 e. The van der Waals surface area contributed by atoms with Crippen molar-refractivity contribution in [2.24, 2.45) is 10.3 Å². The number of hydrogen-bond acceptors (Lipinski definition) is 5. The molecule has 0 atom stereocenters. The zero-order valence-corrected chi connectivity index (χ0v) is 10.3. The molecule has 0 saturated heterocycles. The average Bonchev–Trinajstić information content (AvgIpc) is 2.72. The quantitative estimate of drug-likeness (QED) is 0.655. The van der Waals surface area contributed by atoms with Crippen molar-refractivity contribution in [3.05, 3.63) is 36.5 Å². The lowest BCUT2D eigenvalue weighted by Gasteiger charge is -2.14. The summed E-state index contributed by atoms with van der Waals surface area (Å²) in [6.07, 6.45) is 1.76. The van der Waals surface area contributed by atoms with Crippen LogP contribution in [0.4, 0.5) is 0 Å². The fourth-order valence-electron chi connectivity index (χ4n) is 1.41. The molecule has 1 heterocycles. The highest BCUT2D eigenvalue weighted by Gasteiger charge is 2.24. The molecule has 0 bridgehead atoms. The first-order valence-corrected chi connectivity index (χ1v) is 8.78. The van der Waals surface area contributed by atoms with Crippen LogP contribution in [-0.4, -0.2) is 4.34 Å². The molecule has 2 rings (SSSR count). The van der Waals surface area contributed by atoms with Crippen LogP contribution in [0.3, 0.4) is 0 Å². The number of nitrogens with two attached hydrogens (primary N) is 2. The Morgan fingerprint density at radius 1 is 1.13 bits per heavy atom. The maximum Gasteiger partial charge on any atom is 0.312 e. The van der Waals surface area contributed by atoms with Crippen molar-refractivity contribution in [3.8, 4) is 0 Å². The summed E-state index contributed by atoms with van der Waals surface area (Å²) in [5.41, 5.74) is -1.94. The van der Waals surface area contributed by atoms with Gasteiger partial charge in [0.1, 0.15) is 0 Å². The largest absolute Gasteiger partial charge is 0.312 e. The second-order valence-electron chi connectivity index (χ2n) is 2.90. The molecule has 0 aliphatic heterocycles. The summed E-state index contributed by atoms with van der Waals surface area (Å²) in [6, 6.07) is 9.58.